The number of nitrogens with zero attached hydrogens (tertiary/aromatic N) is 4. The Labute approximate surface area is 191 Å². The number of piperazine rings is 1. The van der Waals surface area contributed by atoms with Gasteiger partial charge in [0.1, 0.15) is 5.75 Å². The molecule has 28 heavy (non-hydrogen) atoms. The minimum atomic E-state index is 0. The molecule has 0 aromatic heterocycles. The van der Waals surface area contributed by atoms with Crippen LogP contribution in [0.4, 0.5) is 5.69 Å². The average molecular weight is 519 g/mol. The molecule has 2 saturated heterocycles. The van der Waals surface area contributed by atoms with E-state index in [0.29, 0.717) is 0 Å². The summed E-state index contributed by atoms with van der Waals surface area (Å²) in [7, 11) is 8.02. The molecule has 0 amide bonds. The number of hydrogen-bond acceptors (Lipinski definition) is 5. The van der Waals surface area contributed by atoms with Gasteiger partial charge in [-0.15, -0.1) is 24.0 Å². The maximum absolute atomic E-state index is 5.53. The number of methoxy groups -OCH3 is 1. The van der Waals surface area contributed by atoms with Gasteiger partial charge >= 0.3 is 0 Å². The van der Waals surface area contributed by atoms with Crippen LogP contribution in [0, 0.1) is 0 Å². The maximum Gasteiger partial charge on any atom is 0.193 e. The SMILES string of the molecule is CN=C(NCC1(N(C)C)CCSC1)N1CCN(c2ccccc2OC)CC1.I. The molecule has 158 valence electrons. The average Bonchev–Trinajstić information content (AvgIpc) is 3.19. The van der Waals surface area contributed by atoms with Crippen LogP contribution in [0.2, 0.25) is 0 Å². The molecule has 1 N–H and O–H groups in total. The Kier molecular flexibility index (Phi) is 9.01. The fourth-order valence-corrected chi connectivity index (χ4v) is 5.43. The van der Waals surface area contributed by atoms with Crippen molar-refractivity contribution in [1.29, 1.82) is 0 Å². The highest BCUT2D eigenvalue weighted by molar-refractivity contribution is 14.0. The fourth-order valence-electron chi connectivity index (χ4n) is 3.87. The largest absolute Gasteiger partial charge is 0.495 e. The van der Waals surface area contributed by atoms with Gasteiger partial charge in [-0.2, -0.15) is 11.8 Å². The lowest BCUT2D eigenvalue weighted by molar-refractivity contribution is 0.181. The molecular formula is C20H34IN5OS. The first kappa shape index (κ1) is 23.4. The summed E-state index contributed by atoms with van der Waals surface area (Å²) in [4.78, 5) is 11.7. The van der Waals surface area contributed by atoms with E-state index in [1.54, 1.807) is 7.11 Å². The number of hydrogen-bond donors (Lipinski definition) is 1. The van der Waals surface area contributed by atoms with Gasteiger partial charge in [0.15, 0.2) is 5.96 Å². The molecule has 1 aromatic carbocycles. The van der Waals surface area contributed by atoms with Crippen molar-refractivity contribution in [2.45, 2.75) is 12.0 Å². The zero-order valence-corrected chi connectivity index (χ0v) is 20.6. The Bertz CT molecular complexity index is 643. The van der Waals surface area contributed by atoms with E-state index in [2.05, 4.69) is 63.0 Å². The minimum absolute atomic E-state index is 0. The number of nitrogens with one attached hydrogen (secondary N) is 1. The highest BCUT2D eigenvalue weighted by atomic mass is 127. The summed E-state index contributed by atoms with van der Waals surface area (Å²) in [6.45, 7) is 4.81. The molecule has 2 aliphatic rings. The van der Waals surface area contributed by atoms with E-state index in [9.17, 15) is 0 Å². The van der Waals surface area contributed by atoms with Crippen molar-refractivity contribution >= 4 is 47.4 Å². The standard InChI is InChI=1S/C20H33N5OS.HI/c1-21-19(22-15-20(23(2)3)9-14-27-16-20)25-12-10-24(11-13-25)17-7-5-6-8-18(17)26-4;/h5-8H,9-16H2,1-4H3,(H,21,22);1H. The van der Waals surface area contributed by atoms with E-state index in [1.165, 1.54) is 23.6 Å². The lowest BCUT2D eigenvalue weighted by Crippen LogP contribution is -2.57. The number of anilines is 1. The third-order valence-electron chi connectivity index (χ3n) is 5.82. The number of halogens is 1. The zero-order chi connectivity index (χ0) is 19.3. The Morgan fingerprint density at radius 2 is 1.96 bits per heavy atom. The summed E-state index contributed by atoms with van der Waals surface area (Å²) in [5.41, 5.74) is 1.41. The van der Waals surface area contributed by atoms with Gasteiger partial charge in [-0.3, -0.25) is 4.99 Å². The van der Waals surface area contributed by atoms with Gasteiger partial charge in [0.2, 0.25) is 0 Å². The molecule has 0 saturated carbocycles. The molecule has 8 heteroatoms. The van der Waals surface area contributed by atoms with Gasteiger partial charge in [-0.25, -0.2) is 0 Å². The molecule has 0 radical (unpaired) electrons. The van der Waals surface area contributed by atoms with Gasteiger partial charge in [-0.05, 0) is 38.4 Å². The zero-order valence-electron chi connectivity index (χ0n) is 17.5. The number of guanidine groups is 1. The number of ether oxygens (including phenoxy) is 1. The summed E-state index contributed by atoms with van der Waals surface area (Å²) >= 11 is 2.05. The first-order valence-corrected chi connectivity index (χ1v) is 10.8. The summed E-state index contributed by atoms with van der Waals surface area (Å²) in [6.07, 6.45) is 1.23. The van der Waals surface area contributed by atoms with E-state index in [4.69, 9.17) is 4.74 Å². The van der Waals surface area contributed by atoms with Crippen LogP contribution < -0.4 is 15.0 Å². The van der Waals surface area contributed by atoms with Crippen LogP contribution in [0.5, 0.6) is 5.75 Å². The van der Waals surface area contributed by atoms with Crippen LogP contribution in [0.15, 0.2) is 29.3 Å². The number of thioether (sulfide) groups is 1. The summed E-state index contributed by atoms with van der Waals surface area (Å²) in [5, 5.41) is 3.66. The molecule has 1 unspecified atom stereocenters. The monoisotopic (exact) mass is 519 g/mol. The van der Waals surface area contributed by atoms with Crippen molar-refractivity contribution in [3.05, 3.63) is 24.3 Å². The molecule has 1 atom stereocenters. The van der Waals surface area contributed by atoms with E-state index in [-0.39, 0.29) is 29.5 Å². The van der Waals surface area contributed by atoms with Gasteiger partial charge < -0.3 is 24.8 Å². The maximum atomic E-state index is 5.53. The van der Waals surface area contributed by atoms with Crippen molar-refractivity contribution in [3.63, 3.8) is 0 Å². The predicted octanol–water partition coefficient (Wildman–Crippen LogP) is 2.45. The second kappa shape index (κ2) is 10.8. The quantitative estimate of drug-likeness (QED) is 0.367. The Morgan fingerprint density at radius 1 is 1.25 bits per heavy atom. The fraction of sp³-hybridized carbons (Fsp3) is 0.650. The Morgan fingerprint density at radius 3 is 2.54 bits per heavy atom. The second-order valence-corrected chi connectivity index (χ2v) is 8.57. The van der Waals surface area contributed by atoms with Crippen LogP contribution >= 0.6 is 35.7 Å². The number of rotatable bonds is 5. The molecule has 0 spiro atoms. The van der Waals surface area contributed by atoms with E-state index >= 15 is 0 Å². The normalized spacial score (nSPS) is 23.0. The molecule has 1 aromatic rings. The first-order chi connectivity index (χ1) is 13.1. The first-order valence-electron chi connectivity index (χ1n) is 9.68. The van der Waals surface area contributed by atoms with Crippen LogP contribution in [0.1, 0.15) is 6.42 Å². The lowest BCUT2D eigenvalue weighted by Gasteiger charge is -2.40. The summed E-state index contributed by atoms with van der Waals surface area (Å²) in [6, 6.07) is 8.26. The van der Waals surface area contributed by atoms with Gasteiger partial charge in [-0.1, -0.05) is 12.1 Å². The lowest BCUT2D eigenvalue weighted by atomic mass is 9.97. The van der Waals surface area contributed by atoms with Crippen molar-refractivity contribution in [3.8, 4) is 5.75 Å². The Balaban J connectivity index is 0.00000280. The molecule has 2 aliphatic heterocycles. The summed E-state index contributed by atoms with van der Waals surface area (Å²) < 4.78 is 5.53. The van der Waals surface area contributed by atoms with Crippen molar-refractivity contribution in [2.24, 2.45) is 4.99 Å². The molecule has 2 fully saturated rings. The number of para-hydroxylation sites is 2. The van der Waals surface area contributed by atoms with Crippen molar-refractivity contribution in [2.75, 3.05) is 77.4 Å². The van der Waals surface area contributed by atoms with E-state index in [0.717, 1.165) is 44.4 Å². The van der Waals surface area contributed by atoms with Gasteiger partial charge in [0, 0.05) is 51.1 Å². The molecular weight excluding hydrogens is 485 g/mol. The third-order valence-corrected chi connectivity index (χ3v) is 7.06. The van der Waals surface area contributed by atoms with Crippen molar-refractivity contribution in [1.82, 2.24) is 15.1 Å². The highest BCUT2D eigenvalue weighted by Gasteiger charge is 2.37. The minimum Gasteiger partial charge on any atom is -0.495 e. The van der Waals surface area contributed by atoms with Gasteiger partial charge in [0.05, 0.1) is 12.8 Å². The molecule has 0 bridgehead atoms. The number of benzene rings is 1. The van der Waals surface area contributed by atoms with Crippen LogP contribution in [0.25, 0.3) is 0 Å². The van der Waals surface area contributed by atoms with Crippen LogP contribution in [-0.2, 0) is 0 Å². The van der Waals surface area contributed by atoms with E-state index in [1.807, 2.05) is 19.2 Å². The Hall–Kier alpha value is -0.870. The van der Waals surface area contributed by atoms with Crippen molar-refractivity contribution < 1.29 is 4.74 Å². The number of aliphatic imine (C=N–C) groups is 1. The van der Waals surface area contributed by atoms with E-state index < -0.39 is 0 Å². The third kappa shape index (κ3) is 5.18. The topological polar surface area (TPSA) is 43.3 Å². The number of likely N-dealkylation sites (N-methyl/N-ethyl adjacent to an activating group) is 1. The van der Waals surface area contributed by atoms with Gasteiger partial charge in [0.25, 0.3) is 0 Å². The molecule has 6 nitrogen and oxygen atoms in total. The molecule has 2 heterocycles. The molecule has 3 rings (SSSR count). The summed E-state index contributed by atoms with van der Waals surface area (Å²) in [5.74, 6) is 4.40. The van der Waals surface area contributed by atoms with Crippen LogP contribution in [0.3, 0.4) is 0 Å². The highest BCUT2D eigenvalue weighted by Crippen LogP contribution is 2.31. The predicted molar refractivity (Wildman–Crippen MR) is 132 cm³/mol. The smallest absolute Gasteiger partial charge is 0.193 e. The molecule has 0 aliphatic carbocycles. The van der Waals surface area contributed by atoms with Crippen LogP contribution in [-0.4, -0.2) is 93.8 Å². The second-order valence-electron chi connectivity index (χ2n) is 7.47.